The maximum absolute atomic E-state index is 9.20. The molecule has 1 aliphatic heterocycles. The molecular formula is C16H15NO3. The molecule has 0 aliphatic carbocycles. The van der Waals surface area contributed by atoms with E-state index in [1.54, 1.807) is 7.11 Å². The zero-order chi connectivity index (χ0) is 13.9. The first-order valence-corrected chi connectivity index (χ1v) is 6.42. The average molecular weight is 269 g/mol. The van der Waals surface area contributed by atoms with Crippen molar-refractivity contribution in [2.24, 2.45) is 5.16 Å². The van der Waals surface area contributed by atoms with Crippen molar-refractivity contribution in [2.45, 2.75) is 12.5 Å². The van der Waals surface area contributed by atoms with Gasteiger partial charge in [0.1, 0.15) is 17.6 Å². The number of oxime groups is 1. The summed E-state index contributed by atoms with van der Waals surface area (Å²) in [6.45, 7) is 0. The highest BCUT2D eigenvalue weighted by Crippen LogP contribution is 2.35. The molecule has 1 aliphatic rings. The van der Waals surface area contributed by atoms with Gasteiger partial charge in [0, 0.05) is 12.0 Å². The van der Waals surface area contributed by atoms with Gasteiger partial charge < -0.3 is 14.7 Å². The Morgan fingerprint density at radius 3 is 2.60 bits per heavy atom. The van der Waals surface area contributed by atoms with Gasteiger partial charge in [0.25, 0.3) is 0 Å². The molecule has 0 spiro atoms. The third-order valence-electron chi connectivity index (χ3n) is 3.45. The van der Waals surface area contributed by atoms with Crippen LogP contribution in [0.5, 0.6) is 11.5 Å². The Morgan fingerprint density at radius 2 is 1.90 bits per heavy atom. The van der Waals surface area contributed by atoms with Crippen LogP contribution in [0.3, 0.4) is 0 Å². The highest BCUT2D eigenvalue weighted by Gasteiger charge is 2.26. The van der Waals surface area contributed by atoms with Crippen LogP contribution in [0.2, 0.25) is 0 Å². The molecule has 0 bridgehead atoms. The van der Waals surface area contributed by atoms with Crippen molar-refractivity contribution < 1.29 is 14.7 Å². The molecule has 102 valence electrons. The molecule has 4 heteroatoms. The zero-order valence-corrected chi connectivity index (χ0v) is 11.1. The summed E-state index contributed by atoms with van der Waals surface area (Å²) in [6.07, 6.45) is 0.390. The van der Waals surface area contributed by atoms with E-state index in [-0.39, 0.29) is 6.10 Å². The molecule has 20 heavy (non-hydrogen) atoms. The lowest BCUT2D eigenvalue weighted by molar-refractivity contribution is 0.203. The van der Waals surface area contributed by atoms with Gasteiger partial charge in [-0.3, -0.25) is 0 Å². The Hall–Kier alpha value is -2.49. The first-order chi connectivity index (χ1) is 9.81. The second kappa shape index (κ2) is 5.25. The van der Waals surface area contributed by atoms with Crippen LogP contribution in [-0.2, 0) is 0 Å². The van der Waals surface area contributed by atoms with Crippen LogP contribution in [0, 0.1) is 0 Å². The molecule has 0 fully saturated rings. The molecule has 0 saturated carbocycles. The quantitative estimate of drug-likeness (QED) is 0.671. The van der Waals surface area contributed by atoms with Crippen molar-refractivity contribution in [3.8, 4) is 11.5 Å². The van der Waals surface area contributed by atoms with Crippen molar-refractivity contribution in [3.63, 3.8) is 0 Å². The van der Waals surface area contributed by atoms with E-state index in [4.69, 9.17) is 9.47 Å². The van der Waals surface area contributed by atoms with E-state index in [9.17, 15) is 5.21 Å². The SMILES string of the molecule is COc1ccc(C2CC(=NO)c3ccccc3O2)cc1. The molecule has 1 heterocycles. The van der Waals surface area contributed by atoms with E-state index < -0.39 is 0 Å². The van der Waals surface area contributed by atoms with Gasteiger partial charge in [-0.25, -0.2) is 0 Å². The zero-order valence-electron chi connectivity index (χ0n) is 11.1. The van der Waals surface area contributed by atoms with Gasteiger partial charge >= 0.3 is 0 Å². The Morgan fingerprint density at radius 1 is 1.15 bits per heavy atom. The fourth-order valence-corrected chi connectivity index (χ4v) is 2.39. The molecule has 0 aromatic heterocycles. The number of hydrogen-bond donors (Lipinski definition) is 1. The van der Waals surface area contributed by atoms with Gasteiger partial charge in [0.05, 0.1) is 12.8 Å². The molecular weight excluding hydrogens is 254 g/mol. The number of hydrogen-bond acceptors (Lipinski definition) is 4. The second-order valence-corrected chi connectivity index (χ2v) is 4.63. The average Bonchev–Trinajstić information content (AvgIpc) is 2.54. The second-order valence-electron chi connectivity index (χ2n) is 4.63. The normalized spacial score (nSPS) is 19.2. The first kappa shape index (κ1) is 12.5. The molecule has 1 unspecified atom stereocenters. The summed E-state index contributed by atoms with van der Waals surface area (Å²) in [5.74, 6) is 1.55. The van der Waals surface area contributed by atoms with Gasteiger partial charge in [-0.05, 0) is 29.8 Å². The molecule has 0 saturated heterocycles. The summed E-state index contributed by atoms with van der Waals surface area (Å²) in [4.78, 5) is 0. The minimum atomic E-state index is -0.151. The predicted octanol–water partition coefficient (Wildman–Crippen LogP) is 3.40. The van der Waals surface area contributed by atoms with E-state index >= 15 is 0 Å². The van der Waals surface area contributed by atoms with Crippen molar-refractivity contribution in [3.05, 3.63) is 59.7 Å². The molecule has 2 aromatic rings. The standard InChI is InChI=1S/C16H15NO3/c1-19-12-8-6-11(7-9-12)16-10-14(17-18)13-4-2-3-5-15(13)20-16/h2-9,16,18H,10H2,1H3. The minimum Gasteiger partial charge on any atom is -0.497 e. The summed E-state index contributed by atoms with van der Waals surface area (Å²) in [5, 5.41) is 12.6. The summed E-state index contributed by atoms with van der Waals surface area (Å²) >= 11 is 0. The Labute approximate surface area is 117 Å². The van der Waals surface area contributed by atoms with Crippen LogP contribution in [0.4, 0.5) is 0 Å². The molecule has 2 aromatic carbocycles. The molecule has 0 amide bonds. The smallest absolute Gasteiger partial charge is 0.129 e. The number of benzene rings is 2. The van der Waals surface area contributed by atoms with Crippen molar-refractivity contribution in [1.82, 2.24) is 0 Å². The lowest BCUT2D eigenvalue weighted by Crippen LogP contribution is -2.20. The topological polar surface area (TPSA) is 51.0 Å². The van der Waals surface area contributed by atoms with E-state index in [1.807, 2.05) is 48.5 Å². The third-order valence-corrected chi connectivity index (χ3v) is 3.45. The fourth-order valence-electron chi connectivity index (χ4n) is 2.39. The van der Waals surface area contributed by atoms with Crippen LogP contribution in [-0.4, -0.2) is 18.0 Å². The maximum atomic E-state index is 9.20. The van der Waals surface area contributed by atoms with Crippen LogP contribution < -0.4 is 9.47 Å². The Balaban J connectivity index is 1.93. The van der Waals surface area contributed by atoms with Crippen molar-refractivity contribution >= 4 is 5.71 Å². The fraction of sp³-hybridized carbons (Fsp3) is 0.188. The van der Waals surface area contributed by atoms with Crippen LogP contribution >= 0.6 is 0 Å². The van der Waals surface area contributed by atoms with Crippen LogP contribution in [0.25, 0.3) is 0 Å². The first-order valence-electron chi connectivity index (χ1n) is 6.42. The van der Waals surface area contributed by atoms with Crippen molar-refractivity contribution in [2.75, 3.05) is 7.11 Å². The number of nitrogens with zero attached hydrogens (tertiary/aromatic N) is 1. The predicted molar refractivity (Wildman–Crippen MR) is 75.7 cm³/mol. The van der Waals surface area contributed by atoms with Crippen molar-refractivity contribution in [1.29, 1.82) is 0 Å². The van der Waals surface area contributed by atoms with Crippen LogP contribution in [0.15, 0.2) is 53.7 Å². The summed E-state index contributed by atoms with van der Waals surface area (Å²) in [7, 11) is 1.64. The van der Waals surface area contributed by atoms with Crippen LogP contribution in [0.1, 0.15) is 23.7 Å². The number of fused-ring (bicyclic) bond motifs is 1. The molecule has 4 nitrogen and oxygen atoms in total. The number of ether oxygens (including phenoxy) is 2. The lowest BCUT2D eigenvalue weighted by Gasteiger charge is -2.26. The van der Waals surface area contributed by atoms with E-state index in [2.05, 4.69) is 5.16 Å². The van der Waals surface area contributed by atoms with E-state index in [0.717, 1.165) is 22.6 Å². The van der Waals surface area contributed by atoms with Gasteiger partial charge in [-0.2, -0.15) is 0 Å². The monoisotopic (exact) mass is 269 g/mol. The summed E-state index contributed by atoms with van der Waals surface area (Å²) in [5.41, 5.74) is 2.52. The van der Waals surface area contributed by atoms with Gasteiger partial charge in [0.2, 0.25) is 0 Å². The summed E-state index contributed by atoms with van der Waals surface area (Å²) < 4.78 is 11.1. The minimum absolute atomic E-state index is 0.151. The van der Waals surface area contributed by atoms with E-state index in [0.29, 0.717) is 12.1 Å². The van der Waals surface area contributed by atoms with Gasteiger partial charge in [-0.1, -0.05) is 29.4 Å². The number of methoxy groups -OCH3 is 1. The lowest BCUT2D eigenvalue weighted by atomic mass is 9.95. The Kier molecular flexibility index (Phi) is 3.29. The number of rotatable bonds is 2. The Bertz CT molecular complexity index is 634. The summed E-state index contributed by atoms with van der Waals surface area (Å²) in [6, 6.07) is 15.3. The molecule has 0 radical (unpaired) electrons. The van der Waals surface area contributed by atoms with E-state index in [1.165, 1.54) is 0 Å². The molecule has 3 rings (SSSR count). The largest absolute Gasteiger partial charge is 0.497 e. The maximum Gasteiger partial charge on any atom is 0.129 e. The highest BCUT2D eigenvalue weighted by atomic mass is 16.5. The third kappa shape index (κ3) is 2.20. The highest BCUT2D eigenvalue weighted by molar-refractivity contribution is 6.03. The number of para-hydroxylation sites is 1. The molecule has 1 N–H and O–H groups in total. The van der Waals surface area contributed by atoms with Gasteiger partial charge in [0.15, 0.2) is 0 Å². The van der Waals surface area contributed by atoms with Gasteiger partial charge in [-0.15, -0.1) is 0 Å². The molecule has 1 atom stereocenters.